The van der Waals surface area contributed by atoms with E-state index in [0.717, 1.165) is 22.2 Å². The molecule has 198 valence electrons. The van der Waals surface area contributed by atoms with E-state index in [1.54, 1.807) is 20.8 Å². The Morgan fingerprint density at radius 1 is 1.19 bits per heavy atom. The number of nitrogens with one attached hydrogen (secondary N) is 3. The van der Waals surface area contributed by atoms with E-state index in [0.29, 0.717) is 17.9 Å². The zero-order valence-electron chi connectivity index (χ0n) is 21.5. The van der Waals surface area contributed by atoms with E-state index in [1.807, 2.05) is 32.0 Å². The van der Waals surface area contributed by atoms with Gasteiger partial charge in [0.2, 0.25) is 0 Å². The SMILES string of the molecule is CCOc1ccc2[nH]c(C(=O)NC[C@H]3OC[C@@H](n4cc(C)c(=O)[nH]c4=O)C4OC(C)(C)O[C@@H]43)c(C)c2c1. The monoisotopic (exact) mass is 512 g/mol. The van der Waals surface area contributed by atoms with Gasteiger partial charge in [-0.05, 0) is 58.4 Å². The van der Waals surface area contributed by atoms with Crippen LogP contribution in [0.1, 0.15) is 48.4 Å². The normalized spacial score (nSPS) is 24.7. The highest BCUT2D eigenvalue weighted by molar-refractivity contribution is 6.01. The highest BCUT2D eigenvalue weighted by Gasteiger charge is 2.52. The topological polar surface area (TPSA) is 137 Å². The fourth-order valence-electron chi connectivity index (χ4n) is 5.13. The Bertz CT molecular complexity index is 1450. The number of rotatable bonds is 6. The number of aromatic amines is 2. The summed E-state index contributed by atoms with van der Waals surface area (Å²) in [6, 6.07) is 5.18. The second-order valence-corrected chi connectivity index (χ2v) is 9.96. The molecule has 1 unspecified atom stereocenters. The van der Waals surface area contributed by atoms with Crippen LogP contribution in [0.5, 0.6) is 5.75 Å². The molecular weight excluding hydrogens is 480 g/mol. The van der Waals surface area contributed by atoms with Gasteiger partial charge < -0.3 is 29.2 Å². The summed E-state index contributed by atoms with van der Waals surface area (Å²) < 4.78 is 25.4. The standard InChI is InChI=1S/C26H32N4O7/c1-6-34-15-7-8-17-16(9-15)14(3)20(28-17)24(32)27-10-19-22-21(36-26(4,5)37-22)18(12-35-19)30-11-13(2)23(31)29-25(30)33/h7-9,11,18-19,21-22,28H,6,10,12H2,1-5H3,(H,27,32)(H,29,31,33)/t18-,19-,21?,22-/m1/s1. The number of benzene rings is 1. The number of aromatic nitrogens is 3. The quantitative estimate of drug-likeness (QED) is 0.459. The summed E-state index contributed by atoms with van der Waals surface area (Å²) >= 11 is 0. The molecule has 0 aliphatic carbocycles. The van der Waals surface area contributed by atoms with E-state index >= 15 is 0 Å². The molecule has 4 heterocycles. The number of carbonyl (C=O) groups is 1. The summed E-state index contributed by atoms with van der Waals surface area (Å²) in [6.07, 6.45) is -0.0365. The van der Waals surface area contributed by atoms with Gasteiger partial charge in [-0.25, -0.2) is 4.79 Å². The van der Waals surface area contributed by atoms with Crippen molar-refractivity contribution >= 4 is 16.8 Å². The molecule has 1 amide bonds. The van der Waals surface area contributed by atoms with Crippen molar-refractivity contribution in [3.8, 4) is 5.75 Å². The van der Waals surface area contributed by atoms with Crippen molar-refractivity contribution in [2.45, 2.75) is 64.8 Å². The van der Waals surface area contributed by atoms with Gasteiger partial charge in [-0.2, -0.15) is 0 Å². The highest BCUT2D eigenvalue weighted by Crippen LogP contribution is 2.39. The molecule has 1 aromatic carbocycles. The third-order valence-corrected chi connectivity index (χ3v) is 6.93. The fourth-order valence-corrected chi connectivity index (χ4v) is 5.13. The smallest absolute Gasteiger partial charge is 0.328 e. The second kappa shape index (κ2) is 9.47. The number of aryl methyl sites for hydroxylation is 2. The number of hydrogen-bond donors (Lipinski definition) is 3. The van der Waals surface area contributed by atoms with Crippen LogP contribution >= 0.6 is 0 Å². The minimum absolute atomic E-state index is 0.151. The van der Waals surface area contributed by atoms with Gasteiger partial charge in [-0.3, -0.25) is 19.1 Å². The van der Waals surface area contributed by atoms with Crippen LogP contribution in [0.2, 0.25) is 0 Å². The van der Waals surface area contributed by atoms with Gasteiger partial charge >= 0.3 is 5.69 Å². The summed E-state index contributed by atoms with van der Waals surface area (Å²) in [6.45, 7) is 9.93. The molecule has 0 bridgehead atoms. The van der Waals surface area contributed by atoms with Gasteiger partial charge in [-0.15, -0.1) is 0 Å². The van der Waals surface area contributed by atoms with Crippen LogP contribution in [0.4, 0.5) is 0 Å². The molecule has 2 aliphatic heterocycles. The molecule has 0 radical (unpaired) electrons. The zero-order valence-corrected chi connectivity index (χ0v) is 21.5. The molecule has 3 aromatic rings. The van der Waals surface area contributed by atoms with Gasteiger partial charge in [0, 0.05) is 29.2 Å². The average molecular weight is 513 g/mol. The zero-order chi connectivity index (χ0) is 26.5. The Labute approximate surface area is 213 Å². The predicted octanol–water partition coefficient (Wildman–Crippen LogP) is 1.92. The summed E-state index contributed by atoms with van der Waals surface area (Å²) in [4.78, 5) is 43.0. The Morgan fingerprint density at radius 3 is 2.70 bits per heavy atom. The van der Waals surface area contributed by atoms with Crippen molar-refractivity contribution in [1.82, 2.24) is 19.9 Å². The molecule has 11 nitrogen and oxygen atoms in total. The number of ether oxygens (including phenoxy) is 4. The Hall–Kier alpha value is -3.41. The summed E-state index contributed by atoms with van der Waals surface area (Å²) in [5, 5.41) is 3.87. The molecule has 0 spiro atoms. The number of hydrogen-bond acceptors (Lipinski definition) is 7. The van der Waals surface area contributed by atoms with Crippen LogP contribution in [-0.4, -0.2) is 64.3 Å². The first-order valence-electron chi connectivity index (χ1n) is 12.4. The minimum atomic E-state index is -0.906. The van der Waals surface area contributed by atoms with Crippen LogP contribution in [0.15, 0.2) is 34.0 Å². The summed E-state index contributed by atoms with van der Waals surface area (Å²) in [5.41, 5.74) is 1.58. The highest BCUT2D eigenvalue weighted by atomic mass is 16.8. The molecule has 2 saturated heterocycles. The third-order valence-electron chi connectivity index (χ3n) is 6.93. The van der Waals surface area contributed by atoms with Crippen molar-refractivity contribution in [2.75, 3.05) is 19.8 Å². The molecule has 0 saturated carbocycles. The summed E-state index contributed by atoms with van der Waals surface area (Å²) in [7, 11) is 0. The summed E-state index contributed by atoms with van der Waals surface area (Å²) in [5.74, 6) is -0.422. The molecule has 37 heavy (non-hydrogen) atoms. The molecule has 3 N–H and O–H groups in total. The van der Waals surface area contributed by atoms with Crippen molar-refractivity contribution in [3.05, 3.63) is 62.1 Å². The Morgan fingerprint density at radius 2 is 1.95 bits per heavy atom. The Balaban J connectivity index is 1.34. The van der Waals surface area contributed by atoms with E-state index in [1.165, 1.54) is 10.8 Å². The number of H-pyrrole nitrogens is 2. The largest absolute Gasteiger partial charge is 0.494 e. The van der Waals surface area contributed by atoms with Gasteiger partial charge in [0.05, 0.1) is 19.3 Å². The lowest BCUT2D eigenvalue weighted by atomic mass is 9.97. The molecule has 2 fully saturated rings. The van der Waals surface area contributed by atoms with E-state index in [2.05, 4.69) is 15.3 Å². The van der Waals surface area contributed by atoms with Crippen LogP contribution in [-0.2, 0) is 14.2 Å². The van der Waals surface area contributed by atoms with Crippen LogP contribution in [0.25, 0.3) is 10.9 Å². The second-order valence-electron chi connectivity index (χ2n) is 9.96. The first kappa shape index (κ1) is 25.2. The van der Waals surface area contributed by atoms with Gasteiger partial charge in [0.15, 0.2) is 5.79 Å². The van der Waals surface area contributed by atoms with Crippen molar-refractivity contribution in [3.63, 3.8) is 0 Å². The number of nitrogens with zero attached hydrogens (tertiary/aromatic N) is 1. The molecule has 5 rings (SSSR count). The first-order chi connectivity index (χ1) is 17.6. The fraction of sp³-hybridized carbons (Fsp3) is 0.500. The maximum absolute atomic E-state index is 13.1. The first-order valence-corrected chi connectivity index (χ1v) is 12.4. The van der Waals surface area contributed by atoms with Gasteiger partial charge in [-0.1, -0.05) is 0 Å². The lowest BCUT2D eigenvalue weighted by Gasteiger charge is -2.37. The molecule has 2 aliphatic rings. The van der Waals surface area contributed by atoms with Crippen LogP contribution < -0.4 is 21.3 Å². The minimum Gasteiger partial charge on any atom is -0.494 e. The predicted molar refractivity (Wildman–Crippen MR) is 135 cm³/mol. The van der Waals surface area contributed by atoms with Gasteiger partial charge in [0.1, 0.15) is 29.8 Å². The average Bonchev–Trinajstić information content (AvgIpc) is 3.35. The lowest BCUT2D eigenvalue weighted by molar-refractivity contribution is -0.153. The van der Waals surface area contributed by atoms with Crippen molar-refractivity contribution in [2.24, 2.45) is 0 Å². The number of fused-ring (bicyclic) bond motifs is 2. The third kappa shape index (κ3) is 4.70. The van der Waals surface area contributed by atoms with Gasteiger partial charge in [0.25, 0.3) is 11.5 Å². The van der Waals surface area contributed by atoms with Crippen LogP contribution in [0, 0.1) is 13.8 Å². The van der Waals surface area contributed by atoms with E-state index in [9.17, 15) is 14.4 Å². The maximum atomic E-state index is 13.1. The molecule has 4 atom stereocenters. The van der Waals surface area contributed by atoms with Crippen LogP contribution in [0.3, 0.4) is 0 Å². The van der Waals surface area contributed by atoms with E-state index in [-0.39, 0.29) is 19.1 Å². The molecular formula is C26H32N4O7. The lowest BCUT2D eigenvalue weighted by Crippen LogP contribution is -2.54. The Kier molecular flexibility index (Phi) is 6.47. The number of carbonyl (C=O) groups excluding carboxylic acids is 1. The molecule has 11 heteroatoms. The van der Waals surface area contributed by atoms with Crippen molar-refractivity contribution < 1.29 is 23.7 Å². The maximum Gasteiger partial charge on any atom is 0.328 e. The van der Waals surface area contributed by atoms with Crippen molar-refractivity contribution in [1.29, 1.82) is 0 Å². The number of amides is 1. The van der Waals surface area contributed by atoms with E-state index < -0.39 is 41.4 Å². The molecule has 2 aromatic heterocycles. The van der Waals surface area contributed by atoms with E-state index in [4.69, 9.17) is 18.9 Å².